The van der Waals surface area contributed by atoms with E-state index in [0.29, 0.717) is 11.3 Å². The van der Waals surface area contributed by atoms with Gasteiger partial charge >= 0.3 is 6.18 Å². The Balaban J connectivity index is 1.97. The molecule has 0 saturated heterocycles. The Hall–Kier alpha value is -1.98. The van der Waals surface area contributed by atoms with Gasteiger partial charge in [0.1, 0.15) is 6.61 Å². The van der Waals surface area contributed by atoms with Crippen LogP contribution in [0.25, 0.3) is 0 Å². The number of halogens is 3. The van der Waals surface area contributed by atoms with Gasteiger partial charge in [-0.3, -0.25) is 4.68 Å². The van der Waals surface area contributed by atoms with E-state index < -0.39 is 11.7 Å². The van der Waals surface area contributed by atoms with Crippen LogP contribution in [0.3, 0.4) is 0 Å². The predicted molar refractivity (Wildman–Crippen MR) is 68.4 cm³/mol. The monoisotopic (exact) mass is 284 g/mol. The maximum absolute atomic E-state index is 12.4. The molecule has 0 saturated carbocycles. The molecule has 0 spiro atoms. The fraction of sp³-hybridized carbons (Fsp3) is 0.357. The molecule has 2 rings (SSSR count). The summed E-state index contributed by atoms with van der Waals surface area (Å²) in [5, 5.41) is 4.12. The second kappa shape index (κ2) is 5.56. The zero-order valence-electron chi connectivity index (χ0n) is 11.2. The number of benzene rings is 1. The predicted octanol–water partition coefficient (Wildman–Crippen LogP) is 4.06. The largest absolute Gasteiger partial charge is 0.486 e. The van der Waals surface area contributed by atoms with Crippen LogP contribution in [-0.2, 0) is 12.8 Å². The zero-order chi connectivity index (χ0) is 14.8. The molecule has 0 fully saturated rings. The van der Waals surface area contributed by atoms with Gasteiger partial charge in [0.2, 0.25) is 0 Å². The van der Waals surface area contributed by atoms with Crippen molar-refractivity contribution in [3.8, 4) is 5.75 Å². The molecule has 0 aliphatic heterocycles. The summed E-state index contributed by atoms with van der Waals surface area (Å²) in [6.07, 6.45) is -0.962. The lowest BCUT2D eigenvalue weighted by Crippen LogP contribution is -2.05. The highest BCUT2D eigenvalue weighted by molar-refractivity contribution is 5.24. The van der Waals surface area contributed by atoms with E-state index in [1.807, 2.05) is 13.8 Å². The minimum Gasteiger partial charge on any atom is -0.486 e. The van der Waals surface area contributed by atoms with Crippen LogP contribution in [0.2, 0.25) is 0 Å². The molecule has 0 aliphatic rings. The number of nitrogens with zero attached hydrogens (tertiary/aromatic N) is 2. The van der Waals surface area contributed by atoms with Crippen molar-refractivity contribution in [1.29, 1.82) is 0 Å². The number of ether oxygens (including phenoxy) is 1. The number of alkyl halides is 3. The van der Waals surface area contributed by atoms with Gasteiger partial charge in [0.15, 0.2) is 5.75 Å². The van der Waals surface area contributed by atoms with Gasteiger partial charge in [0, 0.05) is 6.04 Å². The van der Waals surface area contributed by atoms with Crippen molar-refractivity contribution in [1.82, 2.24) is 9.78 Å². The van der Waals surface area contributed by atoms with E-state index in [2.05, 4.69) is 5.10 Å². The second-order valence-electron chi connectivity index (χ2n) is 4.73. The summed E-state index contributed by atoms with van der Waals surface area (Å²) >= 11 is 0. The molecule has 108 valence electrons. The normalized spacial score (nSPS) is 11.9. The van der Waals surface area contributed by atoms with Crippen LogP contribution in [0, 0.1) is 0 Å². The Labute approximate surface area is 115 Å². The van der Waals surface area contributed by atoms with E-state index in [0.717, 1.165) is 12.1 Å². The van der Waals surface area contributed by atoms with Crippen LogP contribution in [-0.4, -0.2) is 9.78 Å². The van der Waals surface area contributed by atoms with Crippen LogP contribution in [0.15, 0.2) is 36.7 Å². The van der Waals surface area contributed by atoms with Crippen molar-refractivity contribution in [3.05, 3.63) is 47.8 Å². The van der Waals surface area contributed by atoms with Gasteiger partial charge in [-0.1, -0.05) is 12.1 Å². The summed E-state index contributed by atoms with van der Waals surface area (Å²) in [5.41, 5.74) is 0.0178. The van der Waals surface area contributed by atoms with E-state index in [1.165, 1.54) is 12.1 Å². The van der Waals surface area contributed by atoms with E-state index in [4.69, 9.17) is 4.74 Å². The third kappa shape index (κ3) is 3.53. The summed E-state index contributed by atoms with van der Waals surface area (Å²) in [6.45, 7) is 4.20. The summed E-state index contributed by atoms with van der Waals surface area (Å²) in [7, 11) is 0. The third-order valence-electron chi connectivity index (χ3n) is 2.79. The van der Waals surface area contributed by atoms with Crippen molar-refractivity contribution in [2.24, 2.45) is 0 Å². The molecule has 0 radical (unpaired) electrons. The number of hydrogen-bond donors (Lipinski definition) is 0. The Morgan fingerprint density at radius 3 is 2.35 bits per heavy atom. The highest BCUT2D eigenvalue weighted by Gasteiger charge is 2.29. The quantitative estimate of drug-likeness (QED) is 0.846. The molecule has 2 aromatic rings. The molecule has 0 amide bonds. The number of aromatic nitrogens is 2. The first kappa shape index (κ1) is 14.4. The third-order valence-corrected chi connectivity index (χ3v) is 2.79. The van der Waals surface area contributed by atoms with Gasteiger partial charge in [-0.2, -0.15) is 18.3 Å². The molecule has 3 nitrogen and oxygen atoms in total. The molecule has 0 atom stereocenters. The molecule has 6 heteroatoms. The minimum absolute atomic E-state index is 0.210. The van der Waals surface area contributed by atoms with E-state index in [-0.39, 0.29) is 12.6 Å². The zero-order valence-corrected chi connectivity index (χ0v) is 11.2. The lowest BCUT2D eigenvalue weighted by molar-refractivity contribution is -0.137. The van der Waals surface area contributed by atoms with E-state index in [9.17, 15) is 13.2 Å². The molecular formula is C14H15F3N2O. The van der Waals surface area contributed by atoms with Crippen molar-refractivity contribution in [3.63, 3.8) is 0 Å². The molecule has 0 N–H and O–H groups in total. The first-order valence-electron chi connectivity index (χ1n) is 6.19. The maximum atomic E-state index is 12.4. The lowest BCUT2D eigenvalue weighted by Gasteiger charge is -2.08. The van der Waals surface area contributed by atoms with Gasteiger partial charge in [0.25, 0.3) is 0 Å². The molecule has 0 unspecified atom stereocenters. The minimum atomic E-state index is -4.31. The highest BCUT2D eigenvalue weighted by Crippen LogP contribution is 2.29. The molecule has 1 aromatic heterocycles. The van der Waals surface area contributed by atoms with Gasteiger partial charge in [0.05, 0.1) is 18.0 Å². The Morgan fingerprint density at radius 1 is 1.20 bits per heavy atom. The van der Waals surface area contributed by atoms with Gasteiger partial charge < -0.3 is 4.74 Å². The number of rotatable bonds is 4. The maximum Gasteiger partial charge on any atom is 0.416 e. The average molecular weight is 284 g/mol. The highest BCUT2D eigenvalue weighted by atomic mass is 19.4. The lowest BCUT2D eigenvalue weighted by atomic mass is 10.1. The van der Waals surface area contributed by atoms with Crippen LogP contribution in [0.1, 0.15) is 31.0 Å². The van der Waals surface area contributed by atoms with Gasteiger partial charge in [-0.25, -0.2) is 0 Å². The van der Waals surface area contributed by atoms with Crippen LogP contribution >= 0.6 is 0 Å². The number of hydrogen-bond acceptors (Lipinski definition) is 2. The summed E-state index contributed by atoms with van der Waals surface area (Å²) in [4.78, 5) is 0. The van der Waals surface area contributed by atoms with Crippen molar-refractivity contribution >= 4 is 0 Å². The van der Waals surface area contributed by atoms with Crippen LogP contribution in [0.5, 0.6) is 5.75 Å². The van der Waals surface area contributed by atoms with E-state index in [1.54, 1.807) is 17.1 Å². The molecule has 20 heavy (non-hydrogen) atoms. The van der Waals surface area contributed by atoms with Gasteiger partial charge in [-0.15, -0.1) is 0 Å². The van der Waals surface area contributed by atoms with Crippen LogP contribution < -0.4 is 4.74 Å². The smallest absolute Gasteiger partial charge is 0.416 e. The Kier molecular flexibility index (Phi) is 4.01. The summed E-state index contributed by atoms with van der Waals surface area (Å²) in [6, 6.07) is 5.16. The van der Waals surface area contributed by atoms with Crippen LogP contribution in [0.4, 0.5) is 13.2 Å². The topological polar surface area (TPSA) is 27.1 Å². The van der Waals surface area contributed by atoms with E-state index >= 15 is 0 Å². The van der Waals surface area contributed by atoms with Crippen molar-refractivity contribution in [2.45, 2.75) is 32.7 Å². The van der Waals surface area contributed by atoms with Gasteiger partial charge in [-0.05, 0) is 31.5 Å². The molecule has 0 bridgehead atoms. The molecule has 1 aromatic carbocycles. The summed E-state index contributed by atoms with van der Waals surface area (Å²) in [5.74, 6) is 0.596. The first-order valence-corrected chi connectivity index (χ1v) is 6.19. The summed E-state index contributed by atoms with van der Waals surface area (Å²) < 4.78 is 44.5. The first-order chi connectivity index (χ1) is 9.36. The fourth-order valence-corrected chi connectivity index (χ4v) is 1.63. The molecule has 1 heterocycles. The van der Waals surface area contributed by atoms with Crippen molar-refractivity contribution in [2.75, 3.05) is 0 Å². The second-order valence-corrected chi connectivity index (χ2v) is 4.73. The fourth-order valence-electron chi connectivity index (χ4n) is 1.63. The average Bonchev–Trinajstić information content (AvgIpc) is 2.85. The molecule has 0 aliphatic carbocycles. The standard InChI is InChI=1S/C14H15F3N2O/c1-10(2)19-8-13(7-18-19)20-9-11-3-5-12(6-4-11)14(15,16)17/h3-8,10H,9H2,1-2H3. The Morgan fingerprint density at radius 2 is 1.85 bits per heavy atom. The SMILES string of the molecule is CC(C)n1cc(OCc2ccc(C(F)(F)F)cc2)cn1. The molecular weight excluding hydrogens is 269 g/mol. The Bertz CT molecular complexity index is 559. The van der Waals surface area contributed by atoms with Crippen molar-refractivity contribution < 1.29 is 17.9 Å².